The normalized spacial score (nSPS) is 11.9. The van der Waals surface area contributed by atoms with Crippen molar-refractivity contribution in [2.45, 2.75) is 13.0 Å². The van der Waals surface area contributed by atoms with Crippen LogP contribution < -0.4 is 16.4 Å². The molecular formula is C16H19N3O2. The highest BCUT2D eigenvalue weighted by Crippen LogP contribution is 2.20. The van der Waals surface area contributed by atoms with Crippen molar-refractivity contribution in [2.75, 3.05) is 13.1 Å². The maximum absolute atomic E-state index is 11.7. The maximum atomic E-state index is 11.7. The van der Waals surface area contributed by atoms with E-state index in [1.165, 1.54) is 0 Å². The molecule has 4 N–H and O–H groups in total. The van der Waals surface area contributed by atoms with Gasteiger partial charge in [-0.25, -0.2) is 0 Å². The second-order valence-electron chi connectivity index (χ2n) is 4.88. The number of fused-ring (bicyclic) bond motifs is 1. The van der Waals surface area contributed by atoms with Crippen LogP contribution in [0.1, 0.15) is 18.5 Å². The van der Waals surface area contributed by atoms with Gasteiger partial charge >= 0.3 is 0 Å². The Hall–Kier alpha value is -2.40. The van der Waals surface area contributed by atoms with E-state index in [0.717, 1.165) is 16.3 Å². The molecule has 0 aromatic heterocycles. The number of benzene rings is 2. The Labute approximate surface area is 123 Å². The van der Waals surface area contributed by atoms with Gasteiger partial charge in [0.25, 0.3) is 0 Å². The lowest BCUT2D eigenvalue weighted by atomic mass is 10.0. The molecular weight excluding hydrogens is 266 g/mol. The van der Waals surface area contributed by atoms with Crippen molar-refractivity contribution in [2.24, 2.45) is 5.73 Å². The molecule has 1 atom stereocenters. The van der Waals surface area contributed by atoms with Gasteiger partial charge in [0.05, 0.1) is 19.1 Å². The fraction of sp³-hybridized carbons (Fsp3) is 0.250. The van der Waals surface area contributed by atoms with Crippen molar-refractivity contribution < 1.29 is 9.59 Å². The van der Waals surface area contributed by atoms with Crippen LogP contribution in [0, 0.1) is 0 Å². The Kier molecular flexibility index (Phi) is 4.90. The van der Waals surface area contributed by atoms with Gasteiger partial charge in [-0.3, -0.25) is 9.59 Å². The summed E-state index contributed by atoms with van der Waals surface area (Å²) in [5.41, 5.74) is 6.18. The summed E-state index contributed by atoms with van der Waals surface area (Å²) in [7, 11) is 0. The van der Waals surface area contributed by atoms with Gasteiger partial charge in [-0.2, -0.15) is 0 Å². The number of carbonyl (C=O) groups is 2. The van der Waals surface area contributed by atoms with Crippen LogP contribution in [0.25, 0.3) is 10.8 Å². The Morgan fingerprint density at radius 2 is 1.81 bits per heavy atom. The molecule has 0 saturated carbocycles. The van der Waals surface area contributed by atoms with Gasteiger partial charge in [-0.15, -0.1) is 0 Å². The van der Waals surface area contributed by atoms with Crippen LogP contribution in [0.2, 0.25) is 0 Å². The number of carbonyl (C=O) groups excluding carboxylic acids is 2. The molecule has 0 fully saturated rings. The van der Waals surface area contributed by atoms with Crippen molar-refractivity contribution in [3.63, 3.8) is 0 Å². The van der Waals surface area contributed by atoms with E-state index in [-0.39, 0.29) is 30.9 Å². The fourth-order valence-corrected chi connectivity index (χ4v) is 2.10. The second-order valence-corrected chi connectivity index (χ2v) is 4.88. The lowest BCUT2D eigenvalue weighted by molar-refractivity contribution is -0.125. The van der Waals surface area contributed by atoms with Crippen LogP contribution in [-0.2, 0) is 9.59 Å². The van der Waals surface area contributed by atoms with E-state index in [0.29, 0.717) is 0 Å². The zero-order chi connectivity index (χ0) is 15.2. The highest BCUT2D eigenvalue weighted by atomic mass is 16.2. The van der Waals surface area contributed by atoms with Crippen molar-refractivity contribution in [3.05, 3.63) is 48.0 Å². The third-order valence-electron chi connectivity index (χ3n) is 3.28. The summed E-state index contributed by atoms with van der Waals surface area (Å²) in [5.74, 6) is -0.582. The minimum atomic E-state index is -0.344. The first-order valence-electron chi connectivity index (χ1n) is 6.85. The third-order valence-corrected chi connectivity index (χ3v) is 3.28. The van der Waals surface area contributed by atoms with E-state index in [4.69, 9.17) is 5.73 Å². The van der Waals surface area contributed by atoms with E-state index >= 15 is 0 Å². The first-order chi connectivity index (χ1) is 10.1. The van der Waals surface area contributed by atoms with Gasteiger partial charge in [0.2, 0.25) is 11.8 Å². The van der Waals surface area contributed by atoms with E-state index in [2.05, 4.69) is 16.7 Å². The largest absolute Gasteiger partial charge is 0.348 e. The SMILES string of the molecule is CC(NC(=O)CNC(=O)CN)c1ccc2ccccc2c1. The fourth-order valence-electron chi connectivity index (χ4n) is 2.10. The van der Waals surface area contributed by atoms with Crippen LogP contribution in [0.5, 0.6) is 0 Å². The zero-order valence-electron chi connectivity index (χ0n) is 11.9. The van der Waals surface area contributed by atoms with Crippen molar-refractivity contribution in [1.82, 2.24) is 10.6 Å². The predicted molar refractivity (Wildman–Crippen MR) is 82.6 cm³/mol. The summed E-state index contributed by atoms with van der Waals surface area (Å²) in [6.07, 6.45) is 0. The molecule has 5 heteroatoms. The summed E-state index contributed by atoms with van der Waals surface area (Å²) in [5, 5.41) is 7.58. The summed E-state index contributed by atoms with van der Waals surface area (Å²) >= 11 is 0. The average Bonchev–Trinajstić information content (AvgIpc) is 2.52. The van der Waals surface area contributed by atoms with Crippen molar-refractivity contribution in [1.29, 1.82) is 0 Å². The molecule has 1 unspecified atom stereocenters. The topological polar surface area (TPSA) is 84.2 Å². The molecule has 0 aliphatic rings. The van der Waals surface area contributed by atoms with Crippen LogP contribution >= 0.6 is 0 Å². The summed E-state index contributed by atoms with van der Waals surface area (Å²) in [6, 6.07) is 14.0. The number of nitrogens with two attached hydrogens (primary N) is 1. The van der Waals surface area contributed by atoms with Crippen LogP contribution in [0.3, 0.4) is 0 Å². The van der Waals surface area contributed by atoms with Crippen LogP contribution in [0.4, 0.5) is 0 Å². The molecule has 0 aliphatic carbocycles. The molecule has 2 aromatic rings. The lowest BCUT2D eigenvalue weighted by Gasteiger charge is -2.15. The van der Waals surface area contributed by atoms with E-state index < -0.39 is 0 Å². The van der Waals surface area contributed by atoms with E-state index in [9.17, 15) is 9.59 Å². The van der Waals surface area contributed by atoms with Gasteiger partial charge in [0.15, 0.2) is 0 Å². The molecule has 2 amide bonds. The molecule has 0 saturated heterocycles. The third kappa shape index (κ3) is 4.03. The molecule has 110 valence electrons. The molecule has 5 nitrogen and oxygen atoms in total. The van der Waals surface area contributed by atoms with Crippen LogP contribution in [-0.4, -0.2) is 24.9 Å². The standard InChI is InChI=1S/C16H19N3O2/c1-11(19-16(21)10-18-15(20)9-17)13-7-6-12-4-2-3-5-14(12)8-13/h2-8,11H,9-10,17H2,1H3,(H,18,20)(H,19,21). The number of hydrogen-bond acceptors (Lipinski definition) is 3. The zero-order valence-corrected chi connectivity index (χ0v) is 11.9. The molecule has 2 rings (SSSR count). The monoisotopic (exact) mass is 285 g/mol. The Bertz CT molecular complexity index is 655. The van der Waals surface area contributed by atoms with Gasteiger partial charge in [0, 0.05) is 0 Å². The number of amides is 2. The Morgan fingerprint density at radius 1 is 1.10 bits per heavy atom. The van der Waals surface area contributed by atoms with Gasteiger partial charge in [-0.1, -0.05) is 36.4 Å². The predicted octanol–water partition coefficient (Wildman–Crippen LogP) is 1.09. The Balaban J connectivity index is 1.99. The smallest absolute Gasteiger partial charge is 0.239 e. The highest BCUT2D eigenvalue weighted by molar-refractivity contribution is 5.86. The molecule has 21 heavy (non-hydrogen) atoms. The molecule has 0 aliphatic heterocycles. The van der Waals surface area contributed by atoms with Crippen molar-refractivity contribution >= 4 is 22.6 Å². The average molecular weight is 285 g/mol. The summed E-state index contributed by atoms with van der Waals surface area (Å²) in [4.78, 5) is 22.7. The minimum Gasteiger partial charge on any atom is -0.348 e. The van der Waals surface area contributed by atoms with Gasteiger partial charge in [0.1, 0.15) is 0 Å². The molecule has 0 heterocycles. The second kappa shape index (κ2) is 6.85. The summed E-state index contributed by atoms with van der Waals surface area (Å²) < 4.78 is 0. The maximum Gasteiger partial charge on any atom is 0.239 e. The number of rotatable bonds is 5. The van der Waals surface area contributed by atoms with E-state index in [1.807, 2.05) is 43.3 Å². The lowest BCUT2D eigenvalue weighted by Crippen LogP contribution is -2.40. The van der Waals surface area contributed by atoms with E-state index in [1.54, 1.807) is 0 Å². The molecule has 0 radical (unpaired) electrons. The first-order valence-corrected chi connectivity index (χ1v) is 6.85. The number of hydrogen-bond donors (Lipinski definition) is 3. The number of nitrogens with one attached hydrogen (secondary N) is 2. The van der Waals surface area contributed by atoms with Crippen LogP contribution in [0.15, 0.2) is 42.5 Å². The summed E-state index contributed by atoms with van der Waals surface area (Å²) in [6.45, 7) is 1.73. The quantitative estimate of drug-likeness (QED) is 0.769. The Morgan fingerprint density at radius 3 is 2.52 bits per heavy atom. The van der Waals surface area contributed by atoms with Crippen molar-refractivity contribution in [3.8, 4) is 0 Å². The molecule has 0 spiro atoms. The molecule has 2 aromatic carbocycles. The van der Waals surface area contributed by atoms with Gasteiger partial charge in [-0.05, 0) is 29.3 Å². The van der Waals surface area contributed by atoms with Gasteiger partial charge < -0.3 is 16.4 Å². The minimum absolute atomic E-state index is 0.0616. The molecule has 0 bridgehead atoms. The first kappa shape index (κ1) is 15.0. The highest BCUT2D eigenvalue weighted by Gasteiger charge is 2.10.